The van der Waals surface area contributed by atoms with E-state index < -0.39 is 0 Å². The summed E-state index contributed by atoms with van der Waals surface area (Å²) in [6.45, 7) is 0. The summed E-state index contributed by atoms with van der Waals surface area (Å²) in [4.78, 5) is 19.1. The van der Waals surface area contributed by atoms with Gasteiger partial charge in [0.25, 0.3) is 0 Å². The van der Waals surface area contributed by atoms with E-state index in [1.165, 1.54) is 11.3 Å². The number of nitrogens with zero attached hydrogens (tertiary/aromatic N) is 4. The minimum atomic E-state index is 0.720. The van der Waals surface area contributed by atoms with Gasteiger partial charge < -0.3 is 0 Å². The average Bonchev–Trinajstić information content (AvgIpc) is 3.05. The second-order valence-electron chi connectivity index (χ2n) is 5.13. The van der Waals surface area contributed by atoms with Crippen molar-refractivity contribution < 1.29 is 0 Å². The van der Waals surface area contributed by atoms with Gasteiger partial charge in [-0.15, -0.1) is 0 Å². The van der Waals surface area contributed by atoms with Crippen molar-refractivity contribution in [3.63, 3.8) is 0 Å². The van der Waals surface area contributed by atoms with Crippen LogP contribution in [0.3, 0.4) is 0 Å². The monoisotopic (exact) mass is 306 g/mol. The molecule has 0 saturated carbocycles. The van der Waals surface area contributed by atoms with Gasteiger partial charge in [0.1, 0.15) is 10.7 Å². The molecule has 0 N–H and O–H groups in total. The van der Waals surface area contributed by atoms with Crippen LogP contribution in [0.1, 0.15) is 17.7 Å². The van der Waals surface area contributed by atoms with E-state index in [-0.39, 0.29) is 0 Å². The molecule has 0 fully saturated rings. The second-order valence-corrected chi connectivity index (χ2v) is 6.19. The van der Waals surface area contributed by atoms with Crippen molar-refractivity contribution in [3.05, 3.63) is 60.2 Å². The molecule has 0 unspecified atom stereocenters. The highest BCUT2D eigenvalue weighted by Gasteiger charge is 2.20. The zero-order chi connectivity index (χ0) is 14.8. The van der Waals surface area contributed by atoms with Crippen LogP contribution in [-0.2, 0) is 12.8 Å². The summed E-state index contributed by atoms with van der Waals surface area (Å²) in [7, 11) is 0. The molecule has 4 rings (SSSR count). The number of pyridine rings is 2. The molecule has 1 aliphatic rings. The quantitative estimate of drug-likeness (QED) is 0.692. The molecule has 3 heterocycles. The summed E-state index contributed by atoms with van der Waals surface area (Å²) in [5, 5.41) is 1.05. The van der Waals surface area contributed by atoms with Crippen LogP contribution in [0.4, 0.5) is 0 Å². The minimum absolute atomic E-state index is 0.720. The van der Waals surface area contributed by atoms with Crippen LogP contribution in [0.2, 0.25) is 0 Å². The standard InChI is InChI=1S/C17H14N4S/c1-2-9-19-15(5-1)16-20-14-6-3-4-13(14)17(21-16)22-12-7-10-18-11-8-12/h1-2,5,7-11H,3-4,6H2. The molecule has 0 atom stereocenters. The summed E-state index contributed by atoms with van der Waals surface area (Å²) in [5.41, 5.74) is 3.29. The SMILES string of the molecule is c1ccc(-c2nc3c(c(Sc4ccncc4)n2)CCC3)nc1. The number of aryl methyl sites for hydroxylation is 1. The summed E-state index contributed by atoms with van der Waals surface area (Å²) in [6, 6.07) is 9.85. The van der Waals surface area contributed by atoms with Gasteiger partial charge in [-0.1, -0.05) is 17.8 Å². The first-order valence-electron chi connectivity index (χ1n) is 7.29. The highest BCUT2D eigenvalue weighted by molar-refractivity contribution is 7.99. The molecule has 108 valence electrons. The largest absolute Gasteiger partial charge is 0.265 e. The summed E-state index contributed by atoms with van der Waals surface area (Å²) in [6.07, 6.45) is 8.64. The van der Waals surface area contributed by atoms with Gasteiger partial charge in [-0.2, -0.15) is 0 Å². The van der Waals surface area contributed by atoms with Gasteiger partial charge in [0.15, 0.2) is 5.82 Å². The average molecular weight is 306 g/mol. The van der Waals surface area contributed by atoms with Crippen molar-refractivity contribution in [1.29, 1.82) is 0 Å². The Morgan fingerprint density at radius 2 is 1.82 bits per heavy atom. The molecule has 0 aromatic carbocycles. The van der Waals surface area contributed by atoms with Crippen molar-refractivity contribution in [2.75, 3.05) is 0 Å². The van der Waals surface area contributed by atoms with Crippen LogP contribution in [0.25, 0.3) is 11.5 Å². The van der Waals surface area contributed by atoms with E-state index in [0.29, 0.717) is 0 Å². The smallest absolute Gasteiger partial charge is 0.179 e. The molecule has 0 bridgehead atoms. The Morgan fingerprint density at radius 1 is 0.909 bits per heavy atom. The fourth-order valence-electron chi connectivity index (χ4n) is 2.61. The Bertz CT molecular complexity index is 791. The fourth-order valence-corrected chi connectivity index (χ4v) is 3.57. The second kappa shape index (κ2) is 5.85. The van der Waals surface area contributed by atoms with E-state index >= 15 is 0 Å². The molecular weight excluding hydrogens is 292 g/mol. The third-order valence-electron chi connectivity index (χ3n) is 3.65. The van der Waals surface area contributed by atoms with Gasteiger partial charge in [-0.3, -0.25) is 9.97 Å². The molecule has 3 aromatic rings. The summed E-state index contributed by atoms with van der Waals surface area (Å²) in [5.74, 6) is 0.720. The molecule has 22 heavy (non-hydrogen) atoms. The summed E-state index contributed by atoms with van der Waals surface area (Å²) < 4.78 is 0. The van der Waals surface area contributed by atoms with E-state index in [1.54, 1.807) is 18.0 Å². The molecule has 0 radical (unpaired) electrons. The fraction of sp³-hybridized carbons (Fsp3) is 0.176. The highest BCUT2D eigenvalue weighted by Crippen LogP contribution is 2.35. The molecule has 0 saturated heterocycles. The van der Waals surface area contributed by atoms with Gasteiger partial charge in [0.05, 0.1) is 0 Å². The zero-order valence-corrected chi connectivity index (χ0v) is 12.8. The van der Waals surface area contributed by atoms with Crippen LogP contribution >= 0.6 is 11.8 Å². The predicted molar refractivity (Wildman–Crippen MR) is 85.6 cm³/mol. The highest BCUT2D eigenvalue weighted by atomic mass is 32.2. The Kier molecular flexibility index (Phi) is 3.56. The predicted octanol–water partition coefficient (Wildman–Crippen LogP) is 3.57. The lowest BCUT2D eigenvalue weighted by Gasteiger charge is -2.09. The first kappa shape index (κ1) is 13.4. The normalized spacial score (nSPS) is 13.1. The van der Waals surface area contributed by atoms with Crippen molar-refractivity contribution in [1.82, 2.24) is 19.9 Å². The molecule has 0 amide bonds. The lowest BCUT2D eigenvalue weighted by atomic mass is 10.2. The van der Waals surface area contributed by atoms with E-state index in [1.807, 2.05) is 42.7 Å². The molecular formula is C17H14N4S. The van der Waals surface area contributed by atoms with E-state index in [0.717, 1.165) is 40.7 Å². The van der Waals surface area contributed by atoms with Gasteiger partial charge in [-0.05, 0) is 43.5 Å². The van der Waals surface area contributed by atoms with Crippen molar-refractivity contribution in [2.45, 2.75) is 29.2 Å². The van der Waals surface area contributed by atoms with Crippen LogP contribution < -0.4 is 0 Å². The maximum Gasteiger partial charge on any atom is 0.179 e. The first-order chi connectivity index (χ1) is 10.9. The Hall–Kier alpha value is -2.27. The Balaban J connectivity index is 1.78. The third kappa shape index (κ3) is 2.60. The number of fused-ring (bicyclic) bond motifs is 1. The molecule has 5 heteroatoms. The number of hydrogen-bond donors (Lipinski definition) is 0. The molecule has 1 aliphatic carbocycles. The third-order valence-corrected chi connectivity index (χ3v) is 4.69. The Morgan fingerprint density at radius 3 is 2.64 bits per heavy atom. The number of hydrogen-bond acceptors (Lipinski definition) is 5. The van der Waals surface area contributed by atoms with E-state index in [2.05, 4.69) is 9.97 Å². The lowest BCUT2D eigenvalue weighted by Crippen LogP contribution is -2.00. The number of aromatic nitrogens is 4. The summed E-state index contributed by atoms with van der Waals surface area (Å²) >= 11 is 1.68. The number of rotatable bonds is 3. The van der Waals surface area contributed by atoms with Crippen LogP contribution in [0.15, 0.2) is 58.8 Å². The van der Waals surface area contributed by atoms with Crippen LogP contribution in [-0.4, -0.2) is 19.9 Å². The Labute approximate surface area is 133 Å². The molecule has 0 spiro atoms. The maximum absolute atomic E-state index is 4.78. The van der Waals surface area contributed by atoms with Crippen molar-refractivity contribution >= 4 is 11.8 Å². The molecule has 3 aromatic heterocycles. The van der Waals surface area contributed by atoms with Gasteiger partial charge >= 0.3 is 0 Å². The van der Waals surface area contributed by atoms with Crippen LogP contribution in [0.5, 0.6) is 0 Å². The molecule has 0 aliphatic heterocycles. The zero-order valence-electron chi connectivity index (χ0n) is 11.9. The van der Waals surface area contributed by atoms with Gasteiger partial charge in [0, 0.05) is 34.7 Å². The minimum Gasteiger partial charge on any atom is -0.265 e. The van der Waals surface area contributed by atoms with Gasteiger partial charge in [-0.25, -0.2) is 9.97 Å². The lowest BCUT2D eigenvalue weighted by molar-refractivity contribution is 0.896. The topological polar surface area (TPSA) is 51.6 Å². The van der Waals surface area contributed by atoms with Gasteiger partial charge in [0.2, 0.25) is 0 Å². The van der Waals surface area contributed by atoms with Crippen molar-refractivity contribution in [3.8, 4) is 11.5 Å². The maximum atomic E-state index is 4.78. The van der Waals surface area contributed by atoms with Crippen LogP contribution in [0, 0.1) is 0 Å². The van der Waals surface area contributed by atoms with Crippen molar-refractivity contribution in [2.24, 2.45) is 0 Å². The van der Waals surface area contributed by atoms with E-state index in [4.69, 9.17) is 9.97 Å². The molecule has 4 nitrogen and oxygen atoms in total. The first-order valence-corrected chi connectivity index (χ1v) is 8.11. The van der Waals surface area contributed by atoms with E-state index in [9.17, 15) is 0 Å².